The summed E-state index contributed by atoms with van der Waals surface area (Å²) in [6, 6.07) is 15.1. The highest BCUT2D eigenvalue weighted by Crippen LogP contribution is 2.24. The Morgan fingerprint density at radius 1 is 1.11 bits per heavy atom. The number of rotatable bonds is 3. The Morgan fingerprint density at radius 3 is 2.56 bits per heavy atom. The smallest absolute Gasteiger partial charge is 0.339 e. The number of carbonyl (C=O) groups excluding carboxylic acids is 1. The summed E-state index contributed by atoms with van der Waals surface area (Å²) in [4.78, 5) is 11.9. The van der Waals surface area contributed by atoms with E-state index >= 15 is 0 Å². The zero-order chi connectivity index (χ0) is 13.0. The highest BCUT2D eigenvalue weighted by atomic mass is 127. The number of hydrogen-bond acceptors (Lipinski definition) is 2. The minimum Gasteiger partial charge on any atom is -0.457 e. The van der Waals surface area contributed by atoms with Crippen molar-refractivity contribution in [2.45, 2.75) is 6.61 Å². The van der Waals surface area contributed by atoms with Crippen molar-refractivity contribution < 1.29 is 9.53 Å². The highest BCUT2D eigenvalue weighted by molar-refractivity contribution is 14.1. The minimum atomic E-state index is -0.316. The van der Waals surface area contributed by atoms with Crippen LogP contribution >= 0.6 is 38.5 Å². The standard InChI is InChI=1S/C14H10BrIO2/c15-13-11(7-4-8-12(13)16)14(17)18-9-10-5-2-1-3-6-10/h1-8H,9H2. The van der Waals surface area contributed by atoms with Gasteiger partial charge in [0.2, 0.25) is 0 Å². The molecule has 0 heterocycles. The third-order valence-corrected chi connectivity index (χ3v) is 4.88. The molecule has 0 atom stereocenters. The van der Waals surface area contributed by atoms with Crippen LogP contribution in [0.1, 0.15) is 15.9 Å². The molecule has 0 aliphatic rings. The summed E-state index contributed by atoms with van der Waals surface area (Å²) >= 11 is 5.57. The van der Waals surface area contributed by atoms with Crippen LogP contribution in [0.4, 0.5) is 0 Å². The molecule has 0 unspecified atom stereocenters. The molecule has 92 valence electrons. The fourth-order valence-electron chi connectivity index (χ4n) is 1.46. The molecule has 0 aromatic heterocycles. The van der Waals surface area contributed by atoms with Gasteiger partial charge in [-0.2, -0.15) is 0 Å². The number of benzene rings is 2. The summed E-state index contributed by atoms with van der Waals surface area (Å²) < 4.78 is 7.05. The molecule has 2 nitrogen and oxygen atoms in total. The lowest BCUT2D eigenvalue weighted by atomic mass is 10.2. The van der Waals surface area contributed by atoms with Crippen LogP contribution in [0.15, 0.2) is 53.0 Å². The fourth-order valence-corrected chi connectivity index (χ4v) is 2.39. The van der Waals surface area contributed by atoms with Crippen LogP contribution in [0.3, 0.4) is 0 Å². The molecule has 0 spiro atoms. The van der Waals surface area contributed by atoms with Gasteiger partial charge in [0.05, 0.1) is 5.56 Å². The van der Waals surface area contributed by atoms with E-state index in [0.717, 1.165) is 13.6 Å². The summed E-state index contributed by atoms with van der Waals surface area (Å²) in [7, 11) is 0. The molecule has 18 heavy (non-hydrogen) atoms. The van der Waals surface area contributed by atoms with Crippen LogP contribution in [0.5, 0.6) is 0 Å². The first kappa shape index (κ1) is 13.5. The van der Waals surface area contributed by atoms with E-state index in [9.17, 15) is 4.79 Å². The monoisotopic (exact) mass is 416 g/mol. The molecule has 2 rings (SSSR count). The van der Waals surface area contributed by atoms with Crippen LogP contribution < -0.4 is 0 Å². The Bertz CT molecular complexity index is 555. The van der Waals surface area contributed by atoms with Gasteiger partial charge in [0.15, 0.2) is 0 Å². The summed E-state index contributed by atoms with van der Waals surface area (Å²) in [5, 5.41) is 0. The summed E-state index contributed by atoms with van der Waals surface area (Å²) in [6.07, 6.45) is 0. The molecule has 0 saturated carbocycles. The zero-order valence-electron chi connectivity index (χ0n) is 9.40. The van der Waals surface area contributed by atoms with Crippen molar-refractivity contribution in [2.24, 2.45) is 0 Å². The van der Waals surface area contributed by atoms with Crippen LogP contribution in [0.2, 0.25) is 0 Å². The number of hydrogen-bond donors (Lipinski definition) is 0. The number of esters is 1. The predicted octanol–water partition coefficient (Wildman–Crippen LogP) is 4.41. The molecule has 0 saturated heterocycles. The molecule has 0 N–H and O–H groups in total. The van der Waals surface area contributed by atoms with Gasteiger partial charge in [0, 0.05) is 8.04 Å². The SMILES string of the molecule is O=C(OCc1ccccc1)c1cccc(I)c1Br. The maximum Gasteiger partial charge on any atom is 0.339 e. The molecule has 0 bridgehead atoms. The third-order valence-electron chi connectivity index (χ3n) is 2.38. The van der Waals surface area contributed by atoms with Crippen LogP contribution in [0, 0.1) is 3.57 Å². The van der Waals surface area contributed by atoms with Crippen molar-refractivity contribution in [3.05, 3.63) is 67.7 Å². The van der Waals surface area contributed by atoms with E-state index in [-0.39, 0.29) is 12.6 Å². The molecule has 4 heteroatoms. The average molecular weight is 417 g/mol. The van der Waals surface area contributed by atoms with E-state index in [0.29, 0.717) is 5.56 Å². The minimum absolute atomic E-state index is 0.289. The first-order chi connectivity index (χ1) is 8.68. The Hall–Kier alpha value is -0.880. The van der Waals surface area contributed by atoms with Gasteiger partial charge in [-0.05, 0) is 56.2 Å². The maximum absolute atomic E-state index is 11.9. The summed E-state index contributed by atoms with van der Waals surface area (Å²) in [5.74, 6) is -0.316. The molecule has 0 fully saturated rings. The van der Waals surface area contributed by atoms with Crippen molar-refractivity contribution in [1.82, 2.24) is 0 Å². The summed E-state index contributed by atoms with van der Waals surface area (Å²) in [5.41, 5.74) is 1.53. The molecule has 0 aliphatic carbocycles. The van der Waals surface area contributed by atoms with Crippen molar-refractivity contribution in [1.29, 1.82) is 0 Å². The van der Waals surface area contributed by atoms with Gasteiger partial charge < -0.3 is 4.74 Å². The maximum atomic E-state index is 11.9. The normalized spacial score (nSPS) is 10.1. The lowest BCUT2D eigenvalue weighted by molar-refractivity contribution is 0.0471. The van der Waals surface area contributed by atoms with Gasteiger partial charge in [0.25, 0.3) is 0 Å². The zero-order valence-corrected chi connectivity index (χ0v) is 13.1. The topological polar surface area (TPSA) is 26.3 Å². The quantitative estimate of drug-likeness (QED) is 0.547. The van der Waals surface area contributed by atoms with Gasteiger partial charge in [-0.15, -0.1) is 0 Å². The second kappa shape index (κ2) is 6.33. The highest BCUT2D eigenvalue weighted by Gasteiger charge is 2.13. The molecule has 2 aromatic rings. The van der Waals surface area contributed by atoms with Crippen LogP contribution in [-0.2, 0) is 11.3 Å². The largest absolute Gasteiger partial charge is 0.457 e. The van der Waals surface area contributed by atoms with E-state index in [1.807, 2.05) is 42.5 Å². The molecular formula is C14H10BrIO2. The summed E-state index contributed by atoms with van der Waals surface area (Å²) in [6.45, 7) is 0.289. The Balaban J connectivity index is 2.07. The molecule has 0 aliphatic heterocycles. The van der Waals surface area contributed by atoms with Gasteiger partial charge in [-0.1, -0.05) is 36.4 Å². The number of ether oxygens (including phenoxy) is 1. The van der Waals surface area contributed by atoms with Gasteiger partial charge in [0.1, 0.15) is 6.61 Å². The number of halogens is 2. The first-order valence-corrected chi connectivity index (χ1v) is 7.20. The van der Waals surface area contributed by atoms with Crippen LogP contribution in [-0.4, -0.2) is 5.97 Å². The molecule has 2 aromatic carbocycles. The molecule has 0 amide bonds. The number of carbonyl (C=O) groups is 1. The van der Waals surface area contributed by atoms with Gasteiger partial charge >= 0.3 is 5.97 Å². The van der Waals surface area contributed by atoms with Crippen molar-refractivity contribution >= 4 is 44.5 Å². The van der Waals surface area contributed by atoms with E-state index in [1.54, 1.807) is 6.07 Å². The van der Waals surface area contributed by atoms with Crippen molar-refractivity contribution in [3.8, 4) is 0 Å². The van der Waals surface area contributed by atoms with E-state index in [2.05, 4.69) is 38.5 Å². The first-order valence-electron chi connectivity index (χ1n) is 5.33. The van der Waals surface area contributed by atoms with Crippen LogP contribution in [0.25, 0.3) is 0 Å². The van der Waals surface area contributed by atoms with E-state index in [1.165, 1.54) is 0 Å². The lowest BCUT2D eigenvalue weighted by Crippen LogP contribution is -2.06. The van der Waals surface area contributed by atoms with E-state index in [4.69, 9.17) is 4.74 Å². The third kappa shape index (κ3) is 3.32. The second-order valence-electron chi connectivity index (χ2n) is 3.66. The lowest BCUT2D eigenvalue weighted by Gasteiger charge is -2.07. The Morgan fingerprint density at radius 2 is 1.83 bits per heavy atom. The Kier molecular flexibility index (Phi) is 4.77. The van der Waals surface area contributed by atoms with Gasteiger partial charge in [-0.25, -0.2) is 4.79 Å². The van der Waals surface area contributed by atoms with Gasteiger partial charge in [-0.3, -0.25) is 0 Å². The average Bonchev–Trinajstić information content (AvgIpc) is 2.40. The Labute approximate surface area is 128 Å². The van der Waals surface area contributed by atoms with Crippen molar-refractivity contribution in [2.75, 3.05) is 0 Å². The molecule has 0 radical (unpaired) electrons. The second-order valence-corrected chi connectivity index (χ2v) is 5.62. The van der Waals surface area contributed by atoms with Crippen molar-refractivity contribution in [3.63, 3.8) is 0 Å². The van der Waals surface area contributed by atoms with E-state index < -0.39 is 0 Å². The predicted molar refractivity (Wildman–Crippen MR) is 82.4 cm³/mol. The fraction of sp³-hybridized carbons (Fsp3) is 0.0714. The molecular weight excluding hydrogens is 407 g/mol.